The second-order valence-corrected chi connectivity index (χ2v) is 5.64. The Morgan fingerprint density at radius 1 is 1.07 bits per heavy atom. The van der Waals surface area contributed by atoms with Crippen LogP contribution in [0.15, 0.2) is 47.6 Å². The second kappa shape index (κ2) is 9.96. The number of nitrogens with one attached hydrogen (secondary N) is 2. The van der Waals surface area contributed by atoms with Gasteiger partial charge in [0.05, 0.1) is 20.4 Å². The number of aryl methyl sites for hydroxylation is 1. The Bertz CT molecular complexity index is 834. The molecule has 2 rings (SSSR count). The molecule has 0 spiro atoms. The van der Waals surface area contributed by atoms with Gasteiger partial charge in [0.15, 0.2) is 0 Å². The van der Waals surface area contributed by atoms with Crippen LogP contribution in [0.2, 0.25) is 0 Å². The summed E-state index contributed by atoms with van der Waals surface area (Å²) in [6, 6.07) is 12.7. The van der Waals surface area contributed by atoms with Gasteiger partial charge in [0.1, 0.15) is 17.9 Å². The van der Waals surface area contributed by atoms with E-state index >= 15 is 0 Å². The van der Waals surface area contributed by atoms with Gasteiger partial charge in [-0.15, -0.1) is 0 Å². The first-order chi connectivity index (χ1) is 13.1. The van der Waals surface area contributed by atoms with Gasteiger partial charge in [0.2, 0.25) is 11.8 Å². The molecule has 0 unspecified atom stereocenters. The molecule has 2 aromatic carbocycles. The summed E-state index contributed by atoms with van der Waals surface area (Å²) in [5.41, 5.74) is 4.73. The number of benzene rings is 2. The van der Waals surface area contributed by atoms with Gasteiger partial charge < -0.3 is 14.8 Å². The van der Waals surface area contributed by atoms with Crippen LogP contribution >= 0.6 is 0 Å². The molecule has 7 nitrogen and oxygen atoms in total. The summed E-state index contributed by atoms with van der Waals surface area (Å²) in [5.74, 6) is 0.300. The summed E-state index contributed by atoms with van der Waals surface area (Å²) in [6.07, 6.45) is 1.91. The number of nitrogens with zero attached hydrogens (tertiary/aromatic N) is 1. The van der Waals surface area contributed by atoms with Crippen molar-refractivity contribution in [2.24, 2.45) is 5.10 Å². The van der Waals surface area contributed by atoms with E-state index in [2.05, 4.69) is 15.8 Å². The average molecular weight is 369 g/mol. The normalized spacial score (nSPS) is 10.5. The van der Waals surface area contributed by atoms with Crippen molar-refractivity contribution in [2.45, 2.75) is 19.8 Å². The SMILES string of the molecule is CCc1ccccc1NC(=O)CC(=O)NN=Cc1ccc(OC)cc1OC. The Balaban J connectivity index is 1.90. The predicted molar refractivity (Wildman–Crippen MR) is 104 cm³/mol. The Kier molecular flexibility index (Phi) is 7.37. The fourth-order valence-corrected chi connectivity index (χ4v) is 2.43. The van der Waals surface area contributed by atoms with Crippen LogP contribution in [0, 0.1) is 0 Å². The topological polar surface area (TPSA) is 89.0 Å². The number of hydrogen-bond acceptors (Lipinski definition) is 5. The molecule has 0 aliphatic heterocycles. The Morgan fingerprint density at radius 2 is 1.85 bits per heavy atom. The summed E-state index contributed by atoms with van der Waals surface area (Å²) in [6.45, 7) is 2.00. The first-order valence-electron chi connectivity index (χ1n) is 8.49. The van der Waals surface area contributed by atoms with Gasteiger partial charge in [-0.05, 0) is 30.2 Å². The summed E-state index contributed by atoms with van der Waals surface area (Å²) in [7, 11) is 3.09. The Hall–Kier alpha value is -3.35. The second-order valence-electron chi connectivity index (χ2n) is 5.64. The third-order valence-corrected chi connectivity index (χ3v) is 3.83. The molecular formula is C20H23N3O4. The molecule has 142 valence electrons. The Labute approximate surface area is 158 Å². The van der Waals surface area contributed by atoms with Crippen molar-refractivity contribution < 1.29 is 19.1 Å². The number of anilines is 1. The summed E-state index contributed by atoms with van der Waals surface area (Å²) in [4.78, 5) is 23.9. The number of para-hydroxylation sites is 1. The average Bonchev–Trinajstić information content (AvgIpc) is 2.68. The van der Waals surface area contributed by atoms with E-state index in [-0.39, 0.29) is 6.42 Å². The number of hydrazone groups is 1. The lowest BCUT2D eigenvalue weighted by molar-refractivity contribution is -0.126. The highest BCUT2D eigenvalue weighted by Gasteiger charge is 2.10. The van der Waals surface area contributed by atoms with Crippen LogP contribution in [0.3, 0.4) is 0 Å². The fraction of sp³-hybridized carbons (Fsp3) is 0.250. The molecule has 0 saturated carbocycles. The number of rotatable bonds is 8. The third-order valence-electron chi connectivity index (χ3n) is 3.83. The van der Waals surface area contributed by atoms with E-state index in [1.54, 1.807) is 25.3 Å². The number of carbonyl (C=O) groups is 2. The maximum Gasteiger partial charge on any atom is 0.249 e. The number of hydrogen-bond donors (Lipinski definition) is 2. The van der Waals surface area contributed by atoms with E-state index in [1.165, 1.54) is 13.3 Å². The molecule has 0 bridgehead atoms. The van der Waals surface area contributed by atoms with Crippen LogP contribution in [0.4, 0.5) is 5.69 Å². The van der Waals surface area contributed by atoms with Crippen LogP contribution < -0.4 is 20.2 Å². The van der Waals surface area contributed by atoms with E-state index in [9.17, 15) is 9.59 Å². The minimum atomic E-state index is -0.509. The molecule has 7 heteroatoms. The number of methoxy groups -OCH3 is 2. The van der Waals surface area contributed by atoms with Crippen LogP contribution in [0.25, 0.3) is 0 Å². The minimum Gasteiger partial charge on any atom is -0.497 e. The molecule has 0 aliphatic rings. The van der Waals surface area contributed by atoms with Crippen molar-refractivity contribution >= 4 is 23.7 Å². The van der Waals surface area contributed by atoms with Crippen LogP contribution in [-0.2, 0) is 16.0 Å². The van der Waals surface area contributed by atoms with Gasteiger partial charge in [-0.25, -0.2) is 5.43 Å². The fourth-order valence-electron chi connectivity index (χ4n) is 2.43. The first kappa shape index (κ1) is 20.0. The number of carbonyl (C=O) groups excluding carboxylic acids is 2. The van der Waals surface area contributed by atoms with Gasteiger partial charge in [0, 0.05) is 17.3 Å². The lowest BCUT2D eigenvalue weighted by atomic mass is 10.1. The van der Waals surface area contributed by atoms with Crippen LogP contribution in [-0.4, -0.2) is 32.2 Å². The maximum atomic E-state index is 12.0. The lowest BCUT2D eigenvalue weighted by Crippen LogP contribution is -2.25. The molecular weight excluding hydrogens is 346 g/mol. The third kappa shape index (κ3) is 5.85. The maximum absolute atomic E-state index is 12.0. The zero-order chi connectivity index (χ0) is 19.6. The molecule has 2 N–H and O–H groups in total. The zero-order valence-corrected chi connectivity index (χ0v) is 15.6. The number of amides is 2. The van der Waals surface area contributed by atoms with Gasteiger partial charge in [0.25, 0.3) is 0 Å². The van der Waals surface area contributed by atoms with E-state index in [0.717, 1.165) is 12.0 Å². The molecule has 0 radical (unpaired) electrons. The van der Waals surface area contributed by atoms with Crippen molar-refractivity contribution in [3.05, 3.63) is 53.6 Å². The van der Waals surface area contributed by atoms with Gasteiger partial charge in [-0.2, -0.15) is 5.10 Å². The highest BCUT2D eigenvalue weighted by molar-refractivity contribution is 6.04. The van der Waals surface area contributed by atoms with E-state index in [1.807, 2.05) is 31.2 Å². The first-order valence-corrected chi connectivity index (χ1v) is 8.49. The van der Waals surface area contributed by atoms with Crippen LogP contribution in [0.1, 0.15) is 24.5 Å². The molecule has 0 heterocycles. The van der Waals surface area contributed by atoms with Gasteiger partial charge in [-0.3, -0.25) is 9.59 Å². The quantitative estimate of drug-likeness (QED) is 0.425. The highest BCUT2D eigenvalue weighted by Crippen LogP contribution is 2.23. The highest BCUT2D eigenvalue weighted by atomic mass is 16.5. The molecule has 27 heavy (non-hydrogen) atoms. The molecule has 2 amide bonds. The predicted octanol–water partition coefficient (Wildman–Crippen LogP) is 2.75. The molecule has 0 atom stereocenters. The molecule has 0 fully saturated rings. The zero-order valence-electron chi connectivity index (χ0n) is 15.6. The summed E-state index contributed by atoms with van der Waals surface area (Å²) >= 11 is 0. The van der Waals surface area contributed by atoms with E-state index < -0.39 is 11.8 Å². The summed E-state index contributed by atoms with van der Waals surface area (Å²) < 4.78 is 10.4. The van der Waals surface area contributed by atoms with Gasteiger partial charge in [-0.1, -0.05) is 25.1 Å². The smallest absolute Gasteiger partial charge is 0.249 e. The van der Waals surface area contributed by atoms with Gasteiger partial charge >= 0.3 is 0 Å². The van der Waals surface area contributed by atoms with E-state index in [0.29, 0.717) is 22.7 Å². The molecule has 0 aromatic heterocycles. The Morgan fingerprint density at radius 3 is 2.56 bits per heavy atom. The molecule has 0 saturated heterocycles. The van der Waals surface area contributed by atoms with Crippen molar-refractivity contribution in [2.75, 3.05) is 19.5 Å². The summed E-state index contributed by atoms with van der Waals surface area (Å²) in [5, 5.41) is 6.62. The van der Waals surface area contributed by atoms with Crippen LogP contribution in [0.5, 0.6) is 11.5 Å². The lowest BCUT2D eigenvalue weighted by Gasteiger charge is -2.09. The monoisotopic (exact) mass is 369 g/mol. The standard InChI is InChI=1S/C20H23N3O4/c1-4-14-7-5-6-8-17(14)22-19(24)12-20(25)23-21-13-15-9-10-16(26-2)11-18(15)27-3/h5-11,13H,4,12H2,1-3H3,(H,22,24)(H,23,25). The molecule has 0 aliphatic carbocycles. The van der Waals surface area contributed by atoms with Crippen molar-refractivity contribution in [3.63, 3.8) is 0 Å². The minimum absolute atomic E-state index is 0.324. The number of ether oxygens (including phenoxy) is 2. The van der Waals surface area contributed by atoms with Crippen molar-refractivity contribution in [1.82, 2.24) is 5.43 Å². The largest absolute Gasteiger partial charge is 0.497 e. The van der Waals surface area contributed by atoms with Crippen molar-refractivity contribution in [1.29, 1.82) is 0 Å². The molecule has 2 aromatic rings. The van der Waals surface area contributed by atoms with Crippen molar-refractivity contribution in [3.8, 4) is 11.5 Å². The van der Waals surface area contributed by atoms with E-state index in [4.69, 9.17) is 9.47 Å².